The van der Waals surface area contributed by atoms with Gasteiger partial charge in [0.2, 0.25) is 0 Å². The Balaban J connectivity index is 2.21. The van der Waals surface area contributed by atoms with Gasteiger partial charge in [0.15, 0.2) is 0 Å². The molecule has 0 spiro atoms. The van der Waals surface area contributed by atoms with Crippen LogP contribution in [0.25, 0.3) is 0 Å². The largest absolute Gasteiger partial charge is 0.391 e. The van der Waals surface area contributed by atoms with Crippen LogP contribution in [0.3, 0.4) is 0 Å². The van der Waals surface area contributed by atoms with E-state index >= 15 is 0 Å². The third-order valence-corrected chi connectivity index (χ3v) is 3.76. The van der Waals surface area contributed by atoms with Crippen LogP contribution in [0.1, 0.15) is 30.4 Å². The topological polar surface area (TPSA) is 32.3 Å². The van der Waals surface area contributed by atoms with E-state index in [1.165, 1.54) is 16.8 Å². The molecule has 2 N–H and O–H groups in total. The fourth-order valence-corrected chi connectivity index (χ4v) is 3.12. The smallest absolute Gasteiger partial charge is 0.0741 e. The number of aliphatic hydroxyl groups is 1. The Labute approximate surface area is 105 Å². The van der Waals surface area contributed by atoms with Crippen LogP contribution < -0.4 is 5.32 Å². The van der Waals surface area contributed by atoms with Gasteiger partial charge in [0.1, 0.15) is 0 Å². The van der Waals surface area contributed by atoms with Crippen LogP contribution in [0.2, 0.25) is 0 Å². The monoisotopic (exact) mass is 283 g/mol. The number of anilines is 1. The average molecular weight is 284 g/mol. The van der Waals surface area contributed by atoms with Gasteiger partial charge in [-0.3, -0.25) is 0 Å². The minimum Gasteiger partial charge on any atom is -0.391 e. The summed E-state index contributed by atoms with van der Waals surface area (Å²) in [7, 11) is 0. The summed E-state index contributed by atoms with van der Waals surface area (Å²) < 4.78 is 1.11. The van der Waals surface area contributed by atoms with Gasteiger partial charge in [-0.15, -0.1) is 0 Å². The van der Waals surface area contributed by atoms with E-state index in [4.69, 9.17) is 0 Å². The standard InChI is InChI=1S/C13H18BrNO/c1-8-6-10(14)7-9(2)13(8)15-11-4-3-5-12(11)16/h6-7,11-12,15-16H,3-5H2,1-2H3. The summed E-state index contributed by atoms with van der Waals surface area (Å²) in [6, 6.07) is 4.44. The quantitative estimate of drug-likeness (QED) is 0.872. The van der Waals surface area contributed by atoms with Crippen molar-refractivity contribution in [2.24, 2.45) is 0 Å². The Kier molecular flexibility index (Phi) is 3.55. The maximum absolute atomic E-state index is 9.81. The van der Waals surface area contributed by atoms with Crippen LogP contribution in [-0.2, 0) is 0 Å². The molecule has 16 heavy (non-hydrogen) atoms. The van der Waals surface area contributed by atoms with Gasteiger partial charge in [0.25, 0.3) is 0 Å². The van der Waals surface area contributed by atoms with Crippen molar-refractivity contribution in [1.82, 2.24) is 0 Å². The second-order valence-corrected chi connectivity index (χ2v) is 5.58. The predicted octanol–water partition coefficient (Wildman–Crippen LogP) is 3.39. The van der Waals surface area contributed by atoms with E-state index in [0.29, 0.717) is 0 Å². The van der Waals surface area contributed by atoms with E-state index < -0.39 is 0 Å². The third kappa shape index (κ3) is 2.41. The molecule has 2 nitrogen and oxygen atoms in total. The van der Waals surface area contributed by atoms with Gasteiger partial charge in [-0.25, -0.2) is 0 Å². The molecule has 1 aliphatic rings. The van der Waals surface area contributed by atoms with E-state index in [-0.39, 0.29) is 12.1 Å². The molecule has 1 fully saturated rings. The molecule has 0 amide bonds. The molecule has 1 aromatic rings. The van der Waals surface area contributed by atoms with E-state index in [1.54, 1.807) is 0 Å². The van der Waals surface area contributed by atoms with Crippen molar-refractivity contribution in [3.05, 3.63) is 27.7 Å². The second-order valence-electron chi connectivity index (χ2n) is 4.66. The zero-order valence-corrected chi connectivity index (χ0v) is 11.3. The fraction of sp³-hybridized carbons (Fsp3) is 0.538. The first-order valence-corrected chi connectivity index (χ1v) is 6.58. The molecule has 0 bridgehead atoms. The maximum Gasteiger partial charge on any atom is 0.0741 e. The normalized spacial score (nSPS) is 24.8. The summed E-state index contributed by atoms with van der Waals surface area (Å²) in [6.07, 6.45) is 2.91. The van der Waals surface area contributed by atoms with Crippen molar-refractivity contribution >= 4 is 21.6 Å². The Bertz CT molecular complexity index is 369. The first kappa shape index (κ1) is 11.9. The fourth-order valence-electron chi connectivity index (χ4n) is 2.43. The van der Waals surface area contributed by atoms with Crippen LogP contribution in [0.5, 0.6) is 0 Å². The van der Waals surface area contributed by atoms with Crippen LogP contribution in [0, 0.1) is 13.8 Å². The first-order chi connectivity index (χ1) is 7.58. The number of aryl methyl sites for hydroxylation is 2. The summed E-state index contributed by atoms with van der Waals surface area (Å²) >= 11 is 3.49. The number of benzene rings is 1. The van der Waals surface area contributed by atoms with Crippen LogP contribution >= 0.6 is 15.9 Å². The predicted molar refractivity (Wildman–Crippen MR) is 70.9 cm³/mol. The zero-order valence-electron chi connectivity index (χ0n) is 9.76. The lowest BCUT2D eigenvalue weighted by Gasteiger charge is -2.21. The van der Waals surface area contributed by atoms with Crippen molar-refractivity contribution in [3.63, 3.8) is 0 Å². The number of hydrogen-bond donors (Lipinski definition) is 2. The number of aliphatic hydroxyl groups excluding tert-OH is 1. The molecule has 0 aromatic heterocycles. The van der Waals surface area contributed by atoms with Gasteiger partial charge in [-0.2, -0.15) is 0 Å². The highest BCUT2D eigenvalue weighted by molar-refractivity contribution is 9.10. The Hall–Kier alpha value is -0.540. The minimum absolute atomic E-state index is 0.192. The van der Waals surface area contributed by atoms with Crippen molar-refractivity contribution in [3.8, 4) is 0 Å². The van der Waals surface area contributed by atoms with E-state index in [1.807, 2.05) is 0 Å². The molecule has 0 radical (unpaired) electrons. The Morgan fingerprint density at radius 2 is 1.88 bits per heavy atom. The molecule has 1 aliphatic carbocycles. The van der Waals surface area contributed by atoms with Crippen molar-refractivity contribution in [2.75, 3.05) is 5.32 Å². The molecule has 0 saturated heterocycles. The first-order valence-electron chi connectivity index (χ1n) is 5.79. The zero-order chi connectivity index (χ0) is 11.7. The molecule has 88 valence electrons. The molecular formula is C13H18BrNO. The van der Waals surface area contributed by atoms with Crippen molar-refractivity contribution in [2.45, 2.75) is 45.3 Å². The molecule has 2 atom stereocenters. The van der Waals surface area contributed by atoms with E-state index in [0.717, 1.165) is 23.7 Å². The van der Waals surface area contributed by atoms with Gasteiger partial charge >= 0.3 is 0 Å². The molecule has 2 unspecified atom stereocenters. The lowest BCUT2D eigenvalue weighted by molar-refractivity contribution is 0.172. The Morgan fingerprint density at radius 3 is 2.38 bits per heavy atom. The maximum atomic E-state index is 9.81. The minimum atomic E-state index is -0.192. The molecule has 2 rings (SSSR count). The van der Waals surface area contributed by atoms with Gasteiger partial charge in [-0.1, -0.05) is 15.9 Å². The molecule has 1 aromatic carbocycles. The molecule has 1 saturated carbocycles. The summed E-state index contributed by atoms with van der Waals surface area (Å²) in [5.41, 5.74) is 3.63. The van der Waals surface area contributed by atoms with Crippen LogP contribution in [0.15, 0.2) is 16.6 Å². The molecule has 0 heterocycles. The SMILES string of the molecule is Cc1cc(Br)cc(C)c1NC1CCCC1O. The third-order valence-electron chi connectivity index (χ3n) is 3.31. The highest BCUT2D eigenvalue weighted by Gasteiger charge is 2.25. The summed E-state index contributed by atoms with van der Waals surface area (Å²) in [6.45, 7) is 4.20. The number of hydrogen-bond acceptors (Lipinski definition) is 2. The second kappa shape index (κ2) is 4.76. The summed E-state index contributed by atoms with van der Waals surface area (Å²) in [4.78, 5) is 0. The highest BCUT2D eigenvalue weighted by atomic mass is 79.9. The van der Waals surface area contributed by atoms with Crippen LogP contribution in [0.4, 0.5) is 5.69 Å². The Morgan fingerprint density at radius 1 is 1.25 bits per heavy atom. The van der Waals surface area contributed by atoms with Crippen molar-refractivity contribution in [1.29, 1.82) is 0 Å². The van der Waals surface area contributed by atoms with Gasteiger partial charge in [-0.05, 0) is 56.4 Å². The lowest BCUT2D eigenvalue weighted by Crippen LogP contribution is -2.28. The lowest BCUT2D eigenvalue weighted by atomic mass is 10.1. The van der Waals surface area contributed by atoms with Gasteiger partial charge < -0.3 is 10.4 Å². The molecule has 0 aliphatic heterocycles. The van der Waals surface area contributed by atoms with Gasteiger partial charge in [0.05, 0.1) is 12.1 Å². The highest BCUT2D eigenvalue weighted by Crippen LogP contribution is 2.29. The summed E-state index contributed by atoms with van der Waals surface area (Å²) in [5.74, 6) is 0. The average Bonchev–Trinajstić information content (AvgIpc) is 2.57. The van der Waals surface area contributed by atoms with Crippen LogP contribution in [-0.4, -0.2) is 17.3 Å². The van der Waals surface area contributed by atoms with Gasteiger partial charge in [0, 0.05) is 10.2 Å². The number of halogens is 1. The van der Waals surface area contributed by atoms with E-state index in [9.17, 15) is 5.11 Å². The number of nitrogens with one attached hydrogen (secondary N) is 1. The molecule has 3 heteroatoms. The van der Waals surface area contributed by atoms with E-state index in [2.05, 4.69) is 47.2 Å². The summed E-state index contributed by atoms with van der Waals surface area (Å²) in [5, 5.41) is 13.3. The number of rotatable bonds is 2. The van der Waals surface area contributed by atoms with Crippen molar-refractivity contribution < 1.29 is 5.11 Å². The molecular weight excluding hydrogens is 266 g/mol.